The third-order valence-electron chi connectivity index (χ3n) is 5.65. The van der Waals surface area contributed by atoms with E-state index in [1.54, 1.807) is 17.0 Å². The quantitative estimate of drug-likeness (QED) is 0.648. The fraction of sp³-hybridized carbons (Fsp3) is 0.409. The number of carbonyl (C=O) groups is 1. The number of sulfonamides is 1. The highest BCUT2D eigenvalue weighted by Gasteiger charge is 2.42. The molecule has 0 radical (unpaired) electrons. The van der Waals surface area contributed by atoms with Crippen molar-refractivity contribution < 1.29 is 22.7 Å². The van der Waals surface area contributed by atoms with Gasteiger partial charge in [0, 0.05) is 30.4 Å². The van der Waals surface area contributed by atoms with Gasteiger partial charge in [-0.25, -0.2) is 8.42 Å². The molecule has 2 fully saturated rings. The first-order valence-corrected chi connectivity index (χ1v) is 12.5. The van der Waals surface area contributed by atoms with Gasteiger partial charge in [0.1, 0.15) is 6.04 Å². The molecule has 166 valence electrons. The molecule has 2 aliphatic rings. The predicted octanol–water partition coefficient (Wildman–Crippen LogP) is 2.70. The minimum Gasteiger partial charge on any atom is -0.347 e. The first-order chi connectivity index (χ1) is 14.9. The Bertz CT molecular complexity index is 998. The number of piperidine rings is 1. The smallest absolute Gasteiger partial charge is 0.241 e. The maximum atomic E-state index is 13.4. The average Bonchev–Trinajstić information content (AvgIpc) is 3.22. The number of halogens is 1. The van der Waals surface area contributed by atoms with E-state index in [-0.39, 0.29) is 17.2 Å². The Morgan fingerprint density at radius 3 is 2.26 bits per heavy atom. The summed E-state index contributed by atoms with van der Waals surface area (Å²) in [6.07, 6.45) is 1.43. The van der Waals surface area contributed by atoms with E-state index in [1.807, 2.05) is 30.3 Å². The van der Waals surface area contributed by atoms with Crippen LogP contribution in [0.15, 0.2) is 64.0 Å². The number of likely N-dealkylation sites (tertiary alicyclic amines) is 1. The molecular formula is C22H25BrN2O5S. The lowest BCUT2D eigenvalue weighted by molar-refractivity contribution is -0.187. The van der Waals surface area contributed by atoms with Crippen LogP contribution in [0.2, 0.25) is 0 Å². The van der Waals surface area contributed by atoms with Crippen molar-refractivity contribution in [2.45, 2.75) is 36.0 Å². The lowest BCUT2D eigenvalue weighted by atomic mass is 10.0. The highest BCUT2D eigenvalue weighted by molar-refractivity contribution is 9.10. The standard InChI is InChI=1S/C22H25BrN2O5S/c23-18-6-8-19(9-7-18)31(27,28)24-20(16-17-4-2-1-3-5-17)21(26)25-12-10-22(11-13-25)29-14-15-30-22/h1-9,20,24H,10-16H2. The zero-order valence-electron chi connectivity index (χ0n) is 17.0. The van der Waals surface area contributed by atoms with Crippen molar-refractivity contribution >= 4 is 31.9 Å². The Kier molecular flexibility index (Phi) is 6.78. The van der Waals surface area contributed by atoms with Crippen molar-refractivity contribution in [2.75, 3.05) is 26.3 Å². The van der Waals surface area contributed by atoms with E-state index in [4.69, 9.17) is 9.47 Å². The molecule has 31 heavy (non-hydrogen) atoms. The van der Waals surface area contributed by atoms with Crippen LogP contribution in [0.5, 0.6) is 0 Å². The molecule has 2 aromatic rings. The summed E-state index contributed by atoms with van der Waals surface area (Å²) in [5.41, 5.74) is 0.885. The van der Waals surface area contributed by atoms with Crippen LogP contribution >= 0.6 is 15.9 Å². The van der Waals surface area contributed by atoms with Crippen LogP contribution in [0.3, 0.4) is 0 Å². The molecule has 1 atom stereocenters. The number of benzene rings is 2. The summed E-state index contributed by atoms with van der Waals surface area (Å²) >= 11 is 3.31. The fourth-order valence-corrected chi connectivity index (χ4v) is 5.43. The summed E-state index contributed by atoms with van der Waals surface area (Å²) in [4.78, 5) is 15.2. The molecule has 4 rings (SSSR count). The summed E-state index contributed by atoms with van der Waals surface area (Å²) in [7, 11) is -3.87. The molecule has 1 unspecified atom stereocenters. The van der Waals surface area contributed by atoms with E-state index in [9.17, 15) is 13.2 Å². The number of hydrogen-bond donors (Lipinski definition) is 1. The summed E-state index contributed by atoms with van der Waals surface area (Å²) in [6, 6.07) is 14.8. The molecule has 0 saturated carbocycles. The Hall–Kier alpha value is -1.78. The molecule has 2 heterocycles. The summed E-state index contributed by atoms with van der Waals surface area (Å²) in [6.45, 7) is 2.06. The van der Waals surface area contributed by atoms with Gasteiger partial charge in [-0.2, -0.15) is 4.72 Å². The van der Waals surface area contributed by atoms with Crippen molar-refractivity contribution in [3.8, 4) is 0 Å². The third-order valence-corrected chi connectivity index (χ3v) is 7.67. The van der Waals surface area contributed by atoms with Crippen LogP contribution in [-0.2, 0) is 30.7 Å². The van der Waals surface area contributed by atoms with Crippen LogP contribution < -0.4 is 4.72 Å². The van der Waals surface area contributed by atoms with Crippen LogP contribution in [-0.4, -0.2) is 57.4 Å². The monoisotopic (exact) mass is 508 g/mol. The predicted molar refractivity (Wildman–Crippen MR) is 119 cm³/mol. The Morgan fingerprint density at radius 2 is 1.65 bits per heavy atom. The van der Waals surface area contributed by atoms with E-state index in [1.165, 1.54) is 12.1 Å². The second kappa shape index (κ2) is 9.38. The van der Waals surface area contributed by atoms with Gasteiger partial charge in [0.15, 0.2) is 5.79 Å². The maximum Gasteiger partial charge on any atom is 0.241 e. The third kappa shape index (κ3) is 5.35. The molecule has 0 bridgehead atoms. The van der Waals surface area contributed by atoms with Gasteiger partial charge in [-0.3, -0.25) is 4.79 Å². The number of nitrogens with one attached hydrogen (secondary N) is 1. The van der Waals surface area contributed by atoms with Gasteiger partial charge in [0.05, 0.1) is 18.1 Å². The zero-order valence-corrected chi connectivity index (χ0v) is 19.4. The van der Waals surface area contributed by atoms with E-state index >= 15 is 0 Å². The number of nitrogens with zero attached hydrogens (tertiary/aromatic N) is 1. The van der Waals surface area contributed by atoms with Crippen molar-refractivity contribution in [2.24, 2.45) is 0 Å². The molecule has 2 aromatic carbocycles. The van der Waals surface area contributed by atoms with Crippen LogP contribution in [0, 0.1) is 0 Å². The normalized spacial score (nSPS) is 19.5. The van der Waals surface area contributed by atoms with Crippen molar-refractivity contribution in [1.82, 2.24) is 9.62 Å². The molecule has 0 aliphatic carbocycles. The number of hydrogen-bond acceptors (Lipinski definition) is 5. The molecule has 2 saturated heterocycles. The van der Waals surface area contributed by atoms with Crippen LogP contribution in [0.1, 0.15) is 18.4 Å². The zero-order chi connectivity index (χ0) is 21.9. The van der Waals surface area contributed by atoms with E-state index < -0.39 is 21.9 Å². The number of carbonyl (C=O) groups excluding carboxylic acids is 1. The Morgan fingerprint density at radius 1 is 1.03 bits per heavy atom. The number of rotatable bonds is 6. The lowest BCUT2D eigenvalue weighted by Crippen LogP contribution is -2.54. The second-order valence-corrected chi connectivity index (χ2v) is 10.4. The van der Waals surface area contributed by atoms with Gasteiger partial charge in [0.25, 0.3) is 0 Å². The summed E-state index contributed by atoms with van der Waals surface area (Å²) < 4.78 is 40.9. The lowest BCUT2D eigenvalue weighted by Gasteiger charge is -2.38. The minimum absolute atomic E-state index is 0.118. The van der Waals surface area contributed by atoms with Gasteiger partial charge >= 0.3 is 0 Å². The Labute approximate surface area is 190 Å². The molecule has 0 aromatic heterocycles. The second-order valence-electron chi connectivity index (χ2n) is 7.75. The van der Waals surface area contributed by atoms with Crippen molar-refractivity contribution in [1.29, 1.82) is 0 Å². The summed E-state index contributed by atoms with van der Waals surface area (Å²) in [5.74, 6) is -0.833. The first-order valence-electron chi connectivity index (χ1n) is 10.3. The first kappa shape index (κ1) is 22.4. The molecular weight excluding hydrogens is 484 g/mol. The van der Waals surface area contributed by atoms with Gasteiger partial charge < -0.3 is 14.4 Å². The molecule has 2 aliphatic heterocycles. The van der Waals surface area contributed by atoms with Gasteiger partial charge in [-0.15, -0.1) is 0 Å². The van der Waals surface area contributed by atoms with Gasteiger partial charge in [-0.05, 0) is 36.2 Å². The van der Waals surface area contributed by atoms with Crippen LogP contribution in [0.25, 0.3) is 0 Å². The largest absolute Gasteiger partial charge is 0.347 e. The van der Waals surface area contributed by atoms with Crippen molar-refractivity contribution in [3.63, 3.8) is 0 Å². The highest BCUT2D eigenvalue weighted by atomic mass is 79.9. The fourth-order valence-electron chi connectivity index (χ4n) is 3.97. The summed E-state index contributed by atoms with van der Waals surface area (Å²) in [5, 5.41) is 0. The van der Waals surface area contributed by atoms with Crippen LogP contribution in [0.4, 0.5) is 0 Å². The average molecular weight is 509 g/mol. The number of amides is 1. The van der Waals surface area contributed by atoms with E-state index in [0.717, 1.165) is 10.0 Å². The minimum atomic E-state index is -3.87. The van der Waals surface area contributed by atoms with Gasteiger partial charge in [0.2, 0.25) is 15.9 Å². The SMILES string of the molecule is O=C(C(Cc1ccccc1)NS(=O)(=O)c1ccc(Br)cc1)N1CCC2(CC1)OCCO2. The topological polar surface area (TPSA) is 84.9 Å². The van der Waals surface area contributed by atoms with E-state index in [0.29, 0.717) is 39.1 Å². The number of ether oxygens (including phenoxy) is 2. The molecule has 9 heteroatoms. The Balaban J connectivity index is 1.52. The molecule has 7 nitrogen and oxygen atoms in total. The van der Waals surface area contributed by atoms with Gasteiger partial charge in [-0.1, -0.05) is 46.3 Å². The molecule has 1 spiro atoms. The van der Waals surface area contributed by atoms with E-state index in [2.05, 4.69) is 20.7 Å². The van der Waals surface area contributed by atoms with Crippen molar-refractivity contribution in [3.05, 3.63) is 64.6 Å². The molecule has 1 amide bonds. The maximum absolute atomic E-state index is 13.4. The highest BCUT2D eigenvalue weighted by Crippen LogP contribution is 2.31. The molecule has 1 N–H and O–H groups in total.